The Labute approximate surface area is 146 Å². The second-order valence-electron chi connectivity index (χ2n) is 5.95. The average Bonchev–Trinajstić information content (AvgIpc) is 2.95. The van der Waals surface area contributed by atoms with Crippen molar-refractivity contribution in [3.8, 4) is 11.5 Å². The predicted octanol–water partition coefficient (Wildman–Crippen LogP) is 3.68. The Bertz CT molecular complexity index is 714. The fraction of sp³-hybridized carbons (Fsp3) is 0.444. The molecule has 0 unspecified atom stereocenters. The summed E-state index contributed by atoms with van der Waals surface area (Å²) >= 11 is 1.58. The molecule has 24 heavy (non-hydrogen) atoms. The van der Waals surface area contributed by atoms with Gasteiger partial charge in [-0.05, 0) is 44.2 Å². The summed E-state index contributed by atoms with van der Waals surface area (Å²) in [6.07, 6.45) is 3.23. The molecular weight excluding hydrogens is 324 g/mol. The lowest BCUT2D eigenvalue weighted by molar-refractivity contribution is -0.118. The van der Waals surface area contributed by atoms with E-state index < -0.39 is 0 Å². The smallest absolute Gasteiger partial charge is 0.264 e. The summed E-state index contributed by atoms with van der Waals surface area (Å²) in [4.78, 5) is 18.0. The number of rotatable bonds is 6. The summed E-state index contributed by atoms with van der Waals surface area (Å²) in [5.74, 6) is 1.70. The molecule has 1 N–H and O–H groups in total. The van der Waals surface area contributed by atoms with Crippen LogP contribution < -0.4 is 14.8 Å². The normalized spacial score (nSPS) is 16.3. The van der Waals surface area contributed by atoms with Crippen LogP contribution in [0.4, 0.5) is 5.13 Å². The quantitative estimate of drug-likeness (QED) is 0.867. The molecule has 1 aromatic carbocycles. The molecule has 6 heteroatoms. The van der Waals surface area contributed by atoms with Gasteiger partial charge in [0.15, 0.2) is 23.2 Å². The highest BCUT2D eigenvalue weighted by Gasteiger charge is 2.20. The molecule has 5 nitrogen and oxygen atoms in total. The number of aromatic nitrogens is 1. The van der Waals surface area contributed by atoms with Crippen LogP contribution in [0.3, 0.4) is 0 Å². The van der Waals surface area contributed by atoms with Crippen molar-refractivity contribution < 1.29 is 14.3 Å². The molecule has 1 aliphatic carbocycles. The summed E-state index contributed by atoms with van der Waals surface area (Å²) in [7, 11) is 0. The maximum absolute atomic E-state index is 12.1. The van der Waals surface area contributed by atoms with Crippen LogP contribution in [-0.2, 0) is 17.6 Å². The molecule has 0 spiro atoms. The molecule has 0 aliphatic heterocycles. The second-order valence-corrected chi connectivity index (χ2v) is 7.04. The molecule has 0 saturated carbocycles. The molecule has 0 saturated heterocycles. The zero-order chi connectivity index (χ0) is 16.9. The Balaban J connectivity index is 1.57. The number of thiazole rings is 1. The number of carbonyl (C=O) groups is 1. The molecule has 0 radical (unpaired) electrons. The number of hydrogen-bond acceptors (Lipinski definition) is 5. The van der Waals surface area contributed by atoms with Crippen LogP contribution in [0.5, 0.6) is 11.5 Å². The molecule has 1 aliphatic rings. The molecule has 1 aromatic heterocycles. The predicted molar refractivity (Wildman–Crippen MR) is 95.0 cm³/mol. The van der Waals surface area contributed by atoms with Crippen molar-refractivity contribution in [1.29, 1.82) is 0 Å². The first-order valence-corrected chi connectivity index (χ1v) is 9.10. The van der Waals surface area contributed by atoms with E-state index in [1.165, 1.54) is 11.3 Å². The lowest BCUT2D eigenvalue weighted by Crippen LogP contribution is -2.20. The van der Waals surface area contributed by atoms with Crippen molar-refractivity contribution in [2.24, 2.45) is 5.92 Å². The molecule has 1 atom stereocenters. The molecule has 0 bridgehead atoms. The fourth-order valence-electron chi connectivity index (χ4n) is 2.74. The van der Waals surface area contributed by atoms with Crippen molar-refractivity contribution in [2.75, 3.05) is 18.5 Å². The van der Waals surface area contributed by atoms with Crippen molar-refractivity contribution >= 4 is 22.4 Å². The molecule has 3 rings (SSSR count). The van der Waals surface area contributed by atoms with Crippen LogP contribution in [0.15, 0.2) is 24.3 Å². The molecule has 2 aromatic rings. The first kappa shape index (κ1) is 16.8. The lowest BCUT2D eigenvalue weighted by Gasteiger charge is -2.15. The zero-order valence-electron chi connectivity index (χ0n) is 14.0. The topological polar surface area (TPSA) is 60.5 Å². The van der Waals surface area contributed by atoms with Crippen LogP contribution in [0.2, 0.25) is 0 Å². The Morgan fingerprint density at radius 1 is 1.33 bits per heavy atom. The minimum Gasteiger partial charge on any atom is -0.490 e. The number of fused-ring (bicyclic) bond motifs is 1. The van der Waals surface area contributed by atoms with E-state index in [-0.39, 0.29) is 12.5 Å². The van der Waals surface area contributed by atoms with Crippen molar-refractivity contribution in [3.63, 3.8) is 0 Å². The minimum atomic E-state index is -0.208. The molecule has 128 valence electrons. The highest BCUT2D eigenvalue weighted by atomic mass is 32.1. The van der Waals surface area contributed by atoms with Crippen molar-refractivity contribution in [3.05, 3.63) is 34.8 Å². The number of para-hydroxylation sites is 2. The zero-order valence-corrected chi connectivity index (χ0v) is 14.8. The lowest BCUT2D eigenvalue weighted by atomic mass is 9.93. The van der Waals surface area contributed by atoms with Gasteiger partial charge in [-0.1, -0.05) is 19.1 Å². The van der Waals surface area contributed by atoms with Gasteiger partial charge in [0.25, 0.3) is 5.91 Å². The summed E-state index contributed by atoms with van der Waals surface area (Å²) in [6, 6.07) is 7.35. The number of carbonyl (C=O) groups excluding carboxylic acids is 1. The number of nitrogens with one attached hydrogen (secondary N) is 1. The van der Waals surface area contributed by atoms with Gasteiger partial charge in [-0.3, -0.25) is 10.1 Å². The first-order chi connectivity index (χ1) is 11.7. The molecule has 0 fully saturated rings. The van der Waals surface area contributed by atoms with E-state index in [0.29, 0.717) is 29.2 Å². The van der Waals surface area contributed by atoms with Gasteiger partial charge in [-0.2, -0.15) is 0 Å². The number of ether oxygens (including phenoxy) is 2. The summed E-state index contributed by atoms with van der Waals surface area (Å²) in [5, 5.41) is 3.51. The summed E-state index contributed by atoms with van der Waals surface area (Å²) in [6.45, 7) is 4.65. The maximum Gasteiger partial charge on any atom is 0.264 e. The molecular formula is C18H22N2O3S. The van der Waals surface area contributed by atoms with Gasteiger partial charge in [-0.15, -0.1) is 11.3 Å². The van der Waals surface area contributed by atoms with E-state index in [4.69, 9.17) is 9.47 Å². The minimum absolute atomic E-state index is 0.0647. The largest absolute Gasteiger partial charge is 0.490 e. The van der Waals surface area contributed by atoms with E-state index in [1.807, 2.05) is 25.1 Å². The van der Waals surface area contributed by atoms with Gasteiger partial charge in [0, 0.05) is 4.88 Å². The second kappa shape index (κ2) is 7.66. The van der Waals surface area contributed by atoms with Crippen LogP contribution in [-0.4, -0.2) is 24.1 Å². The van der Waals surface area contributed by atoms with Crippen LogP contribution >= 0.6 is 11.3 Å². The van der Waals surface area contributed by atoms with Crippen molar-refractivity contribution in [1.82, 2.24) is 4.98 Å². The first-order valence-electron chi connectivity index (χ1n) is 8.28. The van der Waals surface area contributed by atoms with Crippen LogP contribution in [0.1, 0.15) is 30.8 Å². The summed E-state index contributed by atoms with van der Waals surface area (Å²) < 4.78 is 11.1. The van der Waals surface area contributed by atoms with Gasteiger partial charge in [0.1, 0.15) is 0 Å². The van der Waals surface area contributed by atoms with E-state index >= 15 is 0 Å². The third-order valence-corrected chi connectivity index (χ3v) is 4.98. The average molecular weight is 346 g/mol. The highest BCUT2D eigenvalue weighted by molar-refractivity contribution is 7.15. The van der Waals surface area contributed by atoms with Gasteiger partial charge in [0.05, 0.1) is 12.3 Å². The van der Waals surface area contributed by atoms with Crippen LogP contribution in [0, 0.1) is 5.92 Å². The maximum atomic E-state index is 12.1. The van der Waals surface area contributed by atoms with E-state index in [9.17, 15) is 4.79 Å². The third-order valence-electron chi connectivity index (χ3n) is 3.94. The molecule has 1 heterocycles. The van der Waals surface area contributed by atoms with Gasteiger partial charge in [-0.25, -0.2) is 4.98 Å². The number of hydrogen-bond donors (Lipinski definition) is 1. The highest BCUT2D eigenvalue weighted by Crippen LogP contribution is 2.32. The number of amides is 1. The Morgan fingerprint density at radius 3 is 2.83 bits per heavy atom. The standard InChI is InChI=1S/C18H22N2O3S/c1-3-22-14-6-4-5-7-15(14)23-11-17(21)20-18-19-13-9-8-12(2)10-16(13)24-18/h4-7,12H,3,8-11H2,1-2H3,(H,19,20,21)/t12-/m1/s1. The van der Waals surface area contributed by atoms with Gasteiger partial charge < -0.3 is 9.47 Å². The van der Waals surface area contributed by atoms with Crippen molar-refractivity contribution in [2.45, 2.75) is 33.1 Å². The van der Waals surface area contributed by atoms with E-state index in [2.05, 4.69) is 17.2 Å². The number of benzene rings is 1. The van der Waals surface area contributed by atoms with E-state index in [1.54, 1.807) is 17.4 Å². The SMILES string of the molecule is CCOc1ccccc1OCC(=O)Nc1nc2c(s1)C[C@H](C)CC2. The Hall–Kier alpha value is -2.08. The monoisotopic (exact) mass is 346 g/mol. The van der Waals surface area contributed by atoms with Crippen LogP contribution in [0.25, 0.3) is 0 Å². The Kier molecular flexibility index (Phi) is 5.35. The molecule has 1 amide bonds. The van der Waals surface area contributed by atoms with Gasteiger partial charge >= 0.3 is 0 Å². The third kappa shape index (κ3) is 4.06. The van der Waals surface area contributed by atoms with E-state index in [0.717, 1.165) is 18.5 Å². The number of anilines is 1. The number of aryl methyl sites for hydroxylation is 1. The number of nitrogens with zero attached hydrogens (tertiary/aromatic N) is 1. The summed E-state index contributed by atoms with van der Waals surface area (Å²) in [5.41, 5.74) is 1.14. The van der Waals surface area contributed by atoms with Gasteiger partial charge in [0.2, 0.25) is 0 Å². The fourth-order valence-corrected chi connectivity index (χ4v) is 3.92. The Morgan fingerprint density at radius 2 is 2.08 bits per heavy atom.